The fourth-order valence-electron chi connectivity index (χ4n) is 2.39. The maximum absolute atomic E-state index is 12.7. The molecule has 1 N–H and O–H groups in total. The Kier molecular flexibility index (Phi) is 6.09. The summed E-state index contributed by atoms with van der Waals surface area (Å²) in [5.74, 6) is 1.03. The molecule has 128 valence electrons. The van der Waals surface area contributed by atoms with Crippen molar-refractivity contribution in [3.8, 4) is 17.2 Å². The van der Waals surface area contributed by atoms with Gasteiger partial charge in [0, 0.05) is 0 Å². The summed E-state index contributed by atoms with van der Waals surface area (Å²) in [6, 6.07) is 11.2. The Balaban J connectivity index is 2.35. The van der Waals surface area contributed by atoms with Gasteiger partial charge in [0.25, 0.3) is 5.91 Å². The molecule has 1 unspecified atom stereocenters. The fourth-order valence-corrected chi connectivity index (χ4v) is 3.02. The molecule has 2 rings (SSSR count). The molecule has 0 spiro atoms. The highest BCUT2D eigenvalue weighted by atomic mass is 79.9. The van der Waals surface area contributed by atoms with Crippen molar-refractivity contribution >= 4 is 21.8 Å². The van der Waals surface area contributed by atoms with Crippen LogP contribution in [0.3, 0.4) is 0 Å². The number of ether oxygens (including phenoxy) is 3. The second-order valence-corrected chi connectivity index (χ2v) is 5.91. The zero-order valence-electron chi connectivity index (χ0n) is 14.1. The predicted octanol–water partition coefficient (Wildman–Crippen LogP) is 3.97. The number of amides is 1. The van der Waals surface area contributed by atoms with Gasteiger partial charge >= 0.3 is 0 Å². The Morgan fingerprint density at radius 3 is 2.21 bits per heavy atom. The lowest BCUT2D eigenvalue weighted by atomic mass is 10.1. The van der Waals surface area contributed by atoms with Crippen molar-refractivity contribution in [2.45, 2.75) is 13.0 Å². The number of rotatable bonds is 6. The van der Waals surface area contributed by atoms with Crippen molar-refractivity contribution in [1.29, 1.82) is 0 Å². The van der Waals surface area contributed by atoms with Crippen molar-refractivity contribution in [2.75, 3.05) is 21.3 Å². The molecule has 0 aliphatic heterocycles. The quantitative estimate of drug-likeness (QED) is 0.806. The summed E-state index contributed by atoms with van der Waals surface area (Å²) < 4.78 is 16.5. The number of benzene rings is 2. The molecule has 2 aromatic rings. The average molecular weight is 394 g/mol. The Labute approximate surface area is 150 Å². The highest BCUT2D eigenvalue weighted by Gasteiger charge is 2.23. The van der Waals surface area contributed by atoms with Gasteiger partial charge in [0.1, 0.15) is 0 Å². The van der Waals surface area contributed by atoms with E-state index in [-0.39, 0.29) is 11.9 Å². The van der Waals surface area contributed by atoms with E-state index in [1.807, 2.05) is 37.3 Å². The van der Waals surface area contributed by atoms with Gasteiger partial charge in [-0.2, -0.15) is 0 Å². The number of hydrogen-bond acceptors (Lipinski definition) is 4. The second kappa shape index (κ2) is 8.06. The van der Waals surface area contributed by atoms with E-state index in [0.717, 1.165) is 5.56 Å². The van der Waals surface area contributed by atoms with Gasteiger partial charge < -0.3 is 19.5 Å². The largest absolute Gasteiger partial charge is 0.493 e. The normalized spacial score (nSPS) is 11.5. The van der Waals surface area contributed by atoms with Crippen molar-refractivity contribution in [1.82, 2.24) is 5.32 Å². The smallest absolute Gasteiger partial charge is 0.253 e. The fraction of sp³-hybridized carbons (Fsp3) is 0.278. The third-order valence-corrected chi connectivity index (χ3v) is 4.45. The molecule has 0 radical (unpaired) electrons. The molecule has 6 heteroatoms. The maximum atomic E-state index is 12.7. The number of nitrogens with one attached hydrogen (secondary N) is 1. The van der Waals surface area contributed by atoms with Crippen molar-refractivity contribution in [3.63, 3.8) is 0 Å². The highest BCUT2D eigenvalue weighted by molar-refractivity contribution is 9.10. The molecule has 24 heavy (non-hydrogen) atoms. The summed E-state index contributed by atoms with van der Waals surface area (Å²) in [4.78, 5) is 12.7. The standard InChI is InChI=1S/C18H20BrNO4/c1-11(12-8-6-5-7-9-12)20-18(21)13-10-14(22-2)16(23-3)17(24-4)15(13)19/h5-11H,1-4H3,(H,20,21). The van der Waals surface area contributed by atoms with Crippen LogP contribution in [0.2, 0.25) is 0 Å². The SMILES string of the molecule is COc1cc(C(=O)NC(C)c2ccccc2)c(Br)c(OC)c1OC. The molecule has 1 amide bonds. The lowest BCUT2D eigenvalue weighted by Gasteiger charge is -2.18. The van der Waals surface area contributed by atoms with Crippen LogP contribution in [0.5, 0.6) is 17.2 Å². The summed E-state index contributed by atoms with van der Waals surface area (Å²) in [7, 11) is 4.54. The Hall–Kier alpha value is -2.21. The number of carbonyl (C=O) groups is 1. The van der Waals surface area contributed by atoms with Gasteiger partial charge in [-0.25, -0.2) is 0 Å². The molecule has 0 saturated carbocycles. The molecule has 0 heterocycles. The number of hydrogen-bond donors (Lipinski definition) is 1. The summed E-state index contributed by atoms with van der Waals surface area (Å²) >= 11 is 3.42. The van der Waals surface area contributed by atoms with Gasteiger partial charge in [0.05, 0.1) is 37.4 Å². The van der Waals surface area contributed by atoms with Gasteiger partial charge in [0.2, 0.25) is 5.75 Å². The molecule has 0 aromatic heterocycles. The van der Waals surface area contributed by atoms with Crippen LogP contribution in [0, 0.1) is 0 Å². The van der Waals surface area contributed by atoms with E-state index in [4.69, 9.17) is 14.2 Å². The molecule has 0 bridgehead atoms. The monoisotopic (exact) mass is 393 g/mol. The Morgan fingerprint density at radius 1 is 1.04 bits per heavy atom. The molecule has 1 atom stereocenters. The molecule has 0 fully saturated rings. The molecule has 5 nitrogen and oxygen atoms in total. The van der Waals surface area contributed by atoms with Crippen LogP contribution in [-0.2, 0) is 0 Å². The van der Waals surface area contributed by atoms with Crippen LogP contribution < -0.4 is 19.5 Å². The Morgan fingerprint density at radius 2 is 1.67 bits per heavy atom. The van der Waals surface area contributed by atoms with E-state index in [2.05, 4.69) is 21.2 Å². The summed E-state index contributed by atoms with van der Waals surface area (Å²) in [5, 5.41) is 2.97. The molecular weight excluding hydrogens is 374 g/mol. The average Bonchev–Trinajstić information content (AvgIpc) is 2.61. The van der Waals surface area contributed by atoms with Crippen LogP contribution in [0.1, 0.15) is 28.9 Å². The lowest BCUT2D eigenvalue weighted by Crippen LogP contribution is -2.27. The van der Waals surface area contributed by atoms with Gasteiger partial charge in [-0.1, -0.05) is 30.3 Å². The first-order valence-electron chi connectivity index (χ1n) is 7.37. The van der Waals surface area contributed by atoms with Gasteiger partial charge in [-0.05, 0) is 34.5 Å². The summed E-state index contributed by atoms with van der Waals surface area (Å²) in [5.41, 5.74) is 1.43. The lowest BCUT2D eigenvalue weighted by molar-refractivity contribution is 0.0938. The topological polar surface area (TPSA) is 56.8 Å². The van der Waals surface area contributed by atoms with Gasteiger partial charge in [-0.3, -0.25) is 4.79 Å². The summed E-state index contributed by atoms with van der Waals surface area (Å²) in [6.07, 6.45) is 0. The minimum Gasteiger partial charge on any atom is -0.493 e. The van der Waals surface area contributed by atoms with E-state index >= 15 is 0 Å². The van der Waals surface area contributed by atoms with E-state index < -0.39 is 0 Å². The van der Waals surface area contributed by atoms with E-state index in [9.17, 15) is 4.79 Å². The van der Waals surface area contributed by atoms with Crippen LogP contribution in [0.25, 0.3) is 0 Å². The first-order valence-corrected chi connectivity index (χ1v) is 8.17. The number of methoxy groups -OCH3 is 3. The molecule has 0 saturated heterocycles. The third kappa shape index (κ3) is 3.64. The maximum Gasteiger partial charge on any atom is 0.253 e. The van der Waals surface area contributed by atoms with E-state index in [0.29, 0.717) is 27.3 Å². The molecule has 0 aliphatic rings. The first kappa shape index (κ1) is 18.1. The van der Waals surface area contributed by atoms with Crippen LogP contribution >= 0.6 is 15.9 Å². The van der Waals surface area contributed by atoms with Crippen LogP contribution in [-0.4, -0.2) is 27.2 Å². The minimum absolute atomic E-state index is 0.135. The third-order valence-electron chi connectivity index (χ3n) is 3.66. The summed E-state index contributed by atoms with van der Waals surface area (Å²) in [6.45, 7) is 1.93. The molecule has 2 aromatic carbocycles. The second-order valence-electron chi connectivity index (χ2n) is 5.11. The van der Waals surface area contributed by atoms with Crippen molar-refractivity contribution < 1.29 is 19.0 Å². The molecule has 0 aliphatic carbocycles. The van der Waals surface area contributed by atoms with Crippen molar-refractivity contribution in [3.05, 3.63) is 52.0 Å². The predicted molar refractivity (Wildman–Crippen MR) is 96.1 cm³/mol. The molecular formula is C18H20BrNO4. The van der Waals surface area contributed by atoms with Crippen molar-refractivity contribution in [2.24, 2.45) is 0 Å². The van der Waals surface area contributed by atoms with Gasteiger partial charge in [0.15, 0.2) is 11.5 Å². The van der Waals surface area contributed by atoms with Crippen LogP contribution in [0.4, 0.5) is 0 Å². The Bertz CT molecular complexity index is 719. The van der Waals surface area contributed by atoms with E-state index in [1.54, 1.807) is 6.07 Å². The van der Waals surface area contributed by atoms with Crippen LogP contribution in [0.15, 0.2) is 40.9 Å². The van der Waals surface area contributed by atoms with Gasteiger partial charge in [-0.15, -0.1) is 0 Å². The zero-order chi connectivity index (χ0) is 17.7. The zero-order valence-corrected chi connectivity index (χ0v) is 15.6. The minimum atomic E-state index is -0.238. The van der Waals surface area contributed by atoms with E-state index in [1.165, 1.54) is 21.3 Å². The first-order chi connectivity index (χ1) is 11.5. The number of halogens is 1. The number of carbonyl (C=O) groups excluding carboxylic acids is 1. The highest BCUT2D eigenvalue weighted by Crippen LogP contribution is 2.44.